The highest BCUT2D eigenvalue weighted by Crippen LogP contribution is 2.23. The van der Waals surface area contributed by atoms with Crippen LogP contribution < -0.4 is 5.32 Å². The van der Waals surface area contributed by atoms with Gasteiger partial charge in [-0.1, -0.05) is 36.0 Å². The van der Waals surface area contributed by atoms with E-state index in [0.29, 0.717) is 6.54 Å². The molecule has 0 saturated carbocycles. The van der Waals surface area contributed by atoms with Gasteiger partial charge in [0.15, 0.2) is 5.16 Å². The van der Waals surface area contributed by atoms with E-state index in [9.17, 15) is 14.9 Å². The number of fused-ring (bicyclic) bond motifs is 1. The minimum atomic E-state index is -0.446. The fraction of sp³-hybridized carbons (Fsp3) is 0.222. The summed E-state index contributed by atoms with van der Waals surface area (Å²) < 4.78 is 2.09. The molecule has 2 aromatic carbocycles. The maximum absolute atomic E-state index is 12.1. The van der Waals surface area contributed by atoms with E-state index in [1.54, 1.807) is 12.1 Å². The number of amides is 1. The van der Waals surface area contributed by atoms with Gasteiger partial charge in [-0.3, -0.25) is 14.9 Å². The van der Waals surface area contributed by atoms with Crippen molar-refractivity contribution in [2.45, 2.75) is 25.2 Å². The Morgan fingerprint density at radius 3 is 2.65 bits per heavy atom. The summed E-state index contributed by atoms with van der Waals surface area (Å²) >= 11 is 1.40. The van der Waals surface area contributed by atoms with Gasteiger partial charge in [0.05, 0.1) is 21.7 Å². The number of hydrogen-bond donors (Lipinski definition) is 1. The second kappa shape index (κ2) is 8.01. The number of aryl methyl sites for hydroxylation is 1. The molecule has 3 aromatic rings. The van der Waals surface area contributed by atoms with Crippen LogP contribution in [0.25, 0.3) is 11.0 Å². The van der Waals surface area contributed by atoms with Gasteiger partial charge in [-0.25, -0.2) is 4.98 Å². The van der Waals surface area contributed by atoms with Crippen molar-refractivity contribution in [2.75, 3.05) is 5.75 Å². The number of thioether (sulfide) groups is 1. The van der Waals surface area contributed by atoms with Gasteiger partial charge in [0, 0.05) is 25.2 Å². The SMILES string of the molecule is CCn1c(SCC(=O)NCc2ccc([N+](=O)[O-])cc2)nc2ccccc21. The van der Waals surface area contributed by atoms with Gasteiger partial charge >= 0.3 is 0 Å². The van der Waals surface area contributed by atoms with Crippen molar-refractivity contribution in [1.29, 1.82) is 0 Å². The molecule has 8 heteroatoms. The summed E-state index contributed by atoms with van der Waals surface area (Å²) in [7, 11) is 0. The molecule has 0 aliphatic carbocycles. The van der Waals surface area contributed by atoms with Crippen molar-refractivity contribution in [1.82, 2.24) is 14.9 Å². The van der Waals surface area contributed by atoms with Crippen molar-refractivity contribution in [3.8, 4) is 0 Å². The van der Waals surface area contributed by atoms with Crippen LogP contribution in [0, 0.1) is 10.1 Å². The highest BCUT2D eigenvalue weighted by Gasteiger charge is 2.12. The van der Waals surface area contributed by atoms with E-state index in [-0.39, 0.29) is 17.3 Å². The molecule has 0 aliphatic heterocycles. The molecule has 1 N–H and O–H groups in total. The van der Waals surface area contributed by atoms with Gasteiger partial charge in [0.25, 0.3) is 5.69 Å². The number of nitrogens with zero attached hydrogens (tertiary/aromatic N) is 3. The maximum atomic E-state index is 12.1. The Balaban J connectivity index is 1.56. The molecule has 26 heavy (non-hydrogen) atoms. The molecule has 1 aromatic heterocycles. The number of benzene rings is 2. The van der Waals surface area contributed by atoms with Crippen molar-refractivity contribution in [3.05, 3.63) is 64.2 Å². The molecule has 0 saturated heterocycles. The van der Waals surface area contributed by atoms with E-state index in [2.05, 4.69) is 14.9 Å². The first-order valence-corrected chi connectivity index (χ1v) is 9.15. The van der Waals surface area contributed by atoms with Crippen molar-refractivity contribution < 1.29 is 9.72 Å². The van der Waals surface area contributed by atoms with E-state index in [1.165, 1.54) is 23.9 Å². The normalized spacial score (nSPS) is 10.8. The topological polar surface area (TPSA) is 90.1 Å². The lowest BCUT2D eigenvalue weighted by Crippen LogP contribution is -2.24. The molecule has 7 nitrogen and oxygen atoms in total. The number of nitro benzene ring substituents is 1. The van der Waals surface area contributed by atoms with E-state index in [4.69, 9.17) is 0 Å². The molecule has 1 heterocycles. The molecule has 0 atom stereocenters. The molecule has 0 bridgehead atoms. The standard InChI is InChI=1S/C18H18N4O3S/c1-2-21-16-6-4-3-5-15(16)20-18(21)26-12-17(23)19-11-13-7-9-14(10-8-13)22(24)25/h3-10H,2,11-12H2,1H3,(H,19,23). The third-order valence-corrected chi connectivity index (χ3v) is 4.88. The molecule has 0 aliphatic rings. The third-order valence-electron chi connectivity index (χ3n) is 3.90. The summed E-state index contributed by atoms with van der Waals surface area (Å²) in [6.45, 7) is 3.17. The van der Waals surface area contributed by atoms with E-state index in [1.807, 2.05) is 31.2 Å². The summed E-state index contributed by atoms with van der Waals surface area (Å²) in [4.78, 5) is 26.9. The molecule has 0 spiro atoms. The van der Waals surface area contributed by atoms with Crippen molar-refractivity contribution in [2.24, 2.45) is 0 Å². The number of carbonyl (C=O) groups is 1. The first-order chi connectivity index (χ1) is 12.6. The maximum Gasteiger partial charge on any atom is 0.269 e. The van der Waals surface area contributed by atoms with Gasteiger partial charge in [0.2, 0.25) is 5.91 Å². The van der Waals surface area contributed by atoms with Crippen LogP contribution >= 0.6 is 11.8 Å². The first kappa shape index (κ1) is 17.9. The second-order valence-corrected chi connectivity index (χ2v) is 6.56. The van der Waals surface area contributed by atoms with Gasteiger partial charge in [-0.2, -0.15) is 0 Å². The summed E-state index contributed by atoms with van der Waals surface area (Å²) in [6.07, 6.45) is 0. The smallest absolute Gasteiger partial charge is 0.269 e. The Morgan fingerprint density at radius 1 is 1.23 bits per heavy atom. The summed E-state index contributed by atoms with van der Waals surface area (Å²) in [5.74, 6) is 0.152. The predicted octanol–water partition coefficient (Wildman–Crippen LogP) is 3.37. The number of aromatic nitrogens is 2. The summed E-state index contributed by atoms with van der Waals surface area (Å²) in [5, 5.41) is 14.3. The Kier molecular flexibility index (Phi) is 5.52. The van der Waals surface area contributed by atoms with Crippen LogP contribution in [-0.2, 0) is 17.9 Å². The number of rotatable bonds is 7. The van der Waals surface area contributed by atoms with Crippen LogP contribution in [0.4, 0.5) is 5.69 Å². The zero-order valence-corrected chi connectivity index (χ0v) is 15.0. The third kappa shape index (κ3) is 4.02. The van der Waals surface area contributed by atoms with Crippen LogP contribution in [0.15, 0.2) is 53.7 Å². The van der Waals surface area contributed by atoms with E-state index in [0.717, 1.165) is 28.3 Å². The lowest BCUT2D eigenvalue weighted by Gasteiger charge is -2.07. The molecular weight excluding hydrogens is 352 g/mol. The highest BCUT2D eigenvalue weighted by atomic mass is 32.2. The van der Waals surface area contributed by atoms with E-state index < -0.39 is 4.92 Å². The number of nitrogens with one attached hydrogen (secondary N) is 1. The van der Waals surface area contributed by atoms with E-state index >= 15 is 0 Å². The van der Waals surface area contributed by atoms with Gasteiger partial charge in [-0.15, -0.1) is 0 Å². The van der Waals surface area contributed by atoms with Crippen LogP contribution in [0.3, 0.4) is 0 Å². The number of non-ortho nitro benzene ring substituents is 1. The fourth-order valence-electron chi connectivity index (χ4n) is 2.59. The number of nitro groups is 1. The molecule has 1 amide bonds. The predicted molar refractivity (Wildman–Crippen MR) is 101 cm³/mol. The Bertz CT molecular complexity index is 937. The number of imidazole rings is 1. The average molecular weight is 370 g/mol. The zero-order valence-electron chi connectivity index (χ0n) is 14.2. The quantitative estimate of drug-likeness (QED) is 0.391. The van der Waals surface area contributed by atoms with Crippen LogP contribution in [0.5, 0.6) is 0 Å². The van der Waals surface area contributed by atoms with Crippen LogP contribution in [0.1, 0.15) is 12.5 Å². The lowest BCUT2D eigenvalue weighted by molar-refractivity contribution is -0.384. The number of hydrogen-bond acceptors (Lipinski definition) is 5. The minimum absolute atomic E-state index is 0.0362. The minimum Gasteiger partial charge on any atom is -0.351 e. The largest absolute Gasteiger partial charge is 0.351 e. The van der Waals surface area contributed by atoms with Gasteiger partial charge in [0.1, 0.15) is 0 Å². The van der Waals surface area contributed by atoms with Crippen molar-refractivity contribution >= 4 is 34.4 Å². The molecule has 134 valence electrons. The molecule has 0 unspecified atom stereocenters. The first-order valence-electron chi connectivity index (χ1n) is 8.16. The molecular formula is C18H18N4O3S. The highest BCUT2D eigenvalue weighted by molar-refractivity contribution is 7.99. The Hall–Kier alpha value is -2.87. The van der Waals surface area contributed by atoms with Crippen LogP contribution in [0.2, 0.25) is 0 Å². The monoisotopic (exact) mass is 370 g/mol. The van der Waals surface area contributed by atoms with Gasteiger partial charge in [-0.05, 0) is 24.6 Å². The zero-order chi connectivity index (χ0) is 18.5. The van der Waals surface area contributed by atoms with Gasteiger partial charge < -0.3 is 9.88 Å². The molecule has 3 rings (SSSR count). The average Bonchev–Trinajstić information content (AvgIpc) is 3.02. The van der Waals surface area contributed by atoms with Crippen molar-refractivity contribution in [3.63, 3.8) is 0 Å². The Labute approximate surface area is 154 Å². The summed E-state index contributed by atoms with van der Waals surface area (Å²) in [6, 6.07) is 14.0. The molecule has 0 fully saturated rings. The van der Waals surface area contributed by atoms with Crippen LogP contribution in [-0.4, -0.2) is 26.1 Å². The summed E-state index contributed by atoms with van der Waals surface area (Å²) in [5.41, 5.74) is 2.83. The number of carbonyl (C=O) groups excluding carboxylic acids is 1. The lowest BCUT2D eigenvalue weighted by atomic mass is 10.2. The number of para-hydroxylation sites is 2. The molecule has 0 radical (unpaired) electrons. The Morgan fingerprint density at radius 2 is 1.96 bits per heavy atom. The second-order valence-electron chi connectivity index (χ2n) is 5.62. The fourth-order valence-corrected chi connectivity index (χ4v) is 3.49.